The second-order valence-corrected chi connectivity index (χ2v) is 9.95. The molecule has 0 fully saturated rings. The molecule has 1 atom stereocenters. The number of thiazole rings is 1. The van der Waals surface area contributed by atoms with E-state index in [9.17, 15) is 18.4 Å². The lowest BCUT2D eigenvalue weighted by molar-refractivity contribution is -0.130. The van der Waals surface area contributed by atoms with E-state index in [1.807, 2.05) is 24.3 Å². The Bertz CT molecular complexity index is 1490. The van der Waals surface area contributed by atoms with Gasteiger partial charge in [0.25, 0.3) is 5.91 Å². The molecular formula is C29H25F2N3O3S. The number of hydrogen-bond acceptors (Lipinski definition) is 5. The largest absolute Gasteiger partial charge is 0.486 e. The highest BCUT2D eigenvalue weighted by Gasteiger charge is 2.31. The molecule has 2 heterocycles. The molecule has 4 aromatic rings. The Morgan fingerprint density at radius 2 is 1.87 bits per heavy atom. The van der Waals surface area contributed by atoms with Crippen LogP contribution in [0.2, 0.25) is 0 Å². The number of fused-ring (bicyclic) bond motifs is 1. The molecule has 5 rings (SSSR count). The van der Waals surface area contributed by atoms with Crippen LogP contribution in [0.25, 0.3) is 0 Å². The molecule has 1 aromatic heterocycles. The van der Waals surface area contributed by atoms with Crippen molar-refractivity contribution in [3.05, 3.63) is 117 Å². The van der Waals surface area contributed by atoms with Crippen molar-refractivity contribution >= 4 is 23.2 Å². The summed E-state index contributed by atoms with van der Waals surface area (Å²) >= 11 is 1.30. The van der Waals surface area contributed by atoms with Crippen molar-refractivity contribution in [3.8, 4) is 5.75 Å². The zero-order valence-electron chi connectivity index (χ0n) is 20.6. The van der Waals surface area contributed by atoms with Gasteiger partial charge in [-0.3, -0.25) is 9.59 Å². The van der Waals surface area contributed by atoms with Gasteiger partial charge in [0.1, 0.15) is 34.7 Å². The van der Waals surface area contributed by atoms with Gasteiger partial charge in [-0.1, -0.05) is 30.3 Å². The molecular weight excluding hydrogens is 508 g/mol. The Kier molecular flexibility index (Phi) is 7.46. The number of rotatable bonds is 7. The van der Waals surface area contributed by atoms with Crippen LogP contribution in [0.4, 0.5) is 8.78 Å². The van der Waals surface area contributed by atoms with Gasteiger partial charge in [-0.25, -0.2) is 13.8 Å². The molecule has 6 nitrogen and oxygen atoms in total. The number of halogens is 2. The SMILES string of the molecule is CC(=O)N1CCc2ccc(OCc3nc(C(=O)NCc4cccc(F)c4)cs3)cc2C1c1cccc(F)c1. The van der Waals surface area contributed by atoms with Crippen molar-refractivity contribution in [2.45, 2.75) is 32.5 Å². The van der Waals surface area contributed by atoms with Gasteiger partial charge in [0, 0.05) is 25.4 Å². The standard InChI is InChI=1S/C29H25F2N3O3S/c1-18(35)34-11-10-20-8-9-24(14-25(20)28(34)21-5-3-7-23(31)13-21)37-16-27-33-26(17-38-27)29(36)32-15-19-4-2-6-22(30)12-19/h2-9,12-14,17,28H,10-11,15-16H2,1H3,(H,32,36). The maximum Gasteiger partial charge on any atom is 0.271 e. The molecule has 0 bridgehead atoms. The Morgan fingerprint density at radius 3 is 2.63 bits per heavy atom. The summed E-state index contributed by atoms with van der Waals surface area (Å²) in [4.78, 5) is 31.0. The first-order valence-corrected chi connectivity index (χ1v) is 13.0. The summed E-state index contributed by atoms with van der Waals surface area (Å²) < 4.78 is 33.4. The van der Waals surface area contributed by atoms with E-state index in [1.165, 1.54) is 42.5 Å². The first kappa shape index (κ1) is 25.5. The van der Waals surface area contributed by atoms with E-state index < -0.39 is 6.04 Å². The molecule has 0 saturated carbocycles. The summed E-state index contributed by atoms with van der Waals surface area (Å²) in [6.45, 7) is 2.42. The van der Waals surface area contributed by atoms with Crippen LogP contribution in [0.5, 0.6) is 5.75 Å². The Balaban J connectivity index is 1.28. The third-order valence-electron chi connectivity index (χ3n) is 6.40. The Labute approximate surface area is 222 Å². The lowest BCUT2D eigenvalue weighted by atomic mass is 9.88. The summed E-state index contributed by atoms with van der Waals surface area (Å²) in [5, 5.41) is 5.01. The smallest absolute Gasteiger partial charge is 0.271 e. The quantitative estimate of drug-likeness (QED) is 0.344. The number of carbonyl (C=O) groups is 2. The fourth-order valence-corrected chi connectivity index (χ4v) is 5.29. The highest BCUT2D eigenvalue weighted by Crippen LogP contribution is 2.37. The zero-order valence-corrected chi connectivity index (χ0v) is 21.4. The van der Waals surface area contributed by atoms with Crippen LogP contribution in [0.1, 0.15) is 50.7 Å². The predicted octanol–water partition coefficient (Wildman–Crippen LogP) is 5.42. The highest BCUT2D eigenvalue weighted by molar-refractivity contribution is 7.09. The van der Waals surface area contributed by atoms with E-state index in [2.05, 4.69) is 10.3 Å². The first-order valence-electron chi connectivity index (χ1n) is 12.1. The van der Waals surface area contributed by atoms with E-state index in [1.54, 1.807) is 28.5 Å². The molecule has 0 saturated heterocycles. The molecule has 1 N–H and O–H groups in total. The van der Waals surface area contributed by atoms with E-state index >= 15 is 0 Å². The van der Waals surface area contributed by atoms with Crippen molar-refractivity contribution in [2.24, 2.45) is 0 Å². The molecule has 1 aliphatic heterocycles. The number of carbonyl (C=O) groups excluding carboxylic acids is 2. The second-order valence-electron chi connectivity index (χ2n) is 9.01. The summed E-state index contributed by atoms with van der Waals surface area (Å²) in [5.74, 6) is -0.564. The van der Waals surface area contributed by atoms with Crippen LogP contribution in [-0.2, 0) is 24.4 Å². The van der Waals surface area contributed by atoms with Crippen molar-refractivity contribution in [3.63, 3.8) is 0 Å². The van der Waals surface area contributed by atoms with Gasteiger partial charge in [-0.2, -0.15) is 0 Å². The number of amides is 2. The lowest BCUT2D eigenvalue weighted by Gasteiger charge is -2.37. The minimum Gasteiger partial charge on any atom is -0.486 e. The number of ether oxygens (including phenoxy) is 1. The third-order valence-corrected chi connectivity index (χ3v) is 7.23. The molecule has 0 aliphatic carbocycles. The predicted molar refractivity (Wildman–Crippen MR) is 140 cm³/mol. The van der Waals surface area contributed by atoms with Gasteiger partial charge in [0.2, 0.25) is 5.91 Å². The van der Waals surface area contributed by atoms with Crippen molar-refractivity contribution < 1.29 is 23.1 Å². The molecule has 1 aliphatic rings. The number of nitrogens with zero attached hydrogens (tertiary/aromatic N) is 2. The first-order chi connectivity index (χ1) is 18.4. The highest BCUT2D eigenvalue weighted by atomic mass is 32.1. The third kappa shape index (κ3) is 5.73. The van der Waals surface area contributed by atoms with Gasteiger partial charge in [0.15, 0.2) is 0 Å². The maximum absolute atomic E-state index is 14.0. The Morgan fingerprint density at radius 1 is 1.08 bits per heavy atom. The molecule has 0 spiro atoms. The van der Waals surface area contributed by atoms with Crippen LogP contribution in [-0.4, -0.2) is 28.2 Å². The van der Waals surface area contributed by atoms with Crippen molar-refractivity contribution in [2.75, 3.05) is 6.54 Å². The second kappa shape index (κ2) is 11.1. The lowest BCUT2D eigenvalue weighted by Crippen LogP contribution is -2.39. The molecule has 0 radical (unpaired) electrons. The fraction of sp³-hybridized carbons (Fsp3) is 0.207. The van der Waals surface area contributed by atoms with Crippen LogP contribution in [0, 0.1) is 11.6 Å². The van der Waals surface area contributed by atoms with E-state index in [0.29, 0.717) is 34.8 Å². The number of aromatic nitrogens is 1. The molecule has 9 heteroatoms. The minimum atomic E-state index is -0.413. The Hall–Kier alpha value is -4.11. The molecule has 3 aromatic carbocycles. The van der Waals surface area contributed by atoms with Crippen molar-refractivity contribution in [1.82, 2.24) is 15.2 Å². The van der Waals surface area contributed by atoms with Gasteiger partial charge in [-0.05, 0) is 65.1 Å². The van der Waals surface area contributed by atoms with Gasteiger partial charge >= 0.3 is 0 Å². The molecule has 2 amide bonds. The van der Waals surface area contributed by atoms with Gasteiger partial charge in [0.05, 0.1) is 6.04 Å². The van der Waals surface area contributed by atoms with Gasteiger partial charge < -0.3 is 15.0 Å². The van der Waals surface area contributed by atoms with E-state index in [-0.39, 0.29) is 42.3 Å². The summed E-state index contributed by atoms with van der Waals surface area (Å²) in [7, 11) is 0. The molecule has 194 valence electrons. The average Bonchev–Trinajstić information content (AvgIpc) is 3.39. The van der Waals surface area contributed by atoms with E-state index in [0.717, 1.165) is 11.1 Å². The summed E-state index contributed by atoms with van der Waals surface area (Å²) in [6, 6.07) is 17.7. The number of hydrogen-bond donors (Lipinski definition) is 1. The topological polar surface area (TPSA) is 71.5 Å². The summed E-state index contributed by atoms with van der Waals surface area (Å²) in [5.41, 5.74) is 3.59. The zero-order chi connectivity index (χ0) is 26.6. The normalized spacial score (nSPS) is 14.6. The summed E-state index contributed by atoms with van der Waals surface area (Å²) in [6.07, 6.45) is 0.696. The number of nitrogens with one attached hydrogen (secondary N) is 1. The van der Waals surface area contributed by atoms with Crippen LogP contribution >= 0.6 is 11.3 Å². The minimum absolute atomic E-state index is 0.0813. The fourth-order valence-electron chi connectivity index (χ4n) is 4.60. The maximum atomic E-state index is 14.0. The van der Waals surface area contributed by atoms with E-state index in [4.69, 9.17) is 4.74 Å². The van der Waals surface area contributed by atoms with Crippen LogP contribution in [0.3, 0.4) is 0 Å². The van der Waals surface area contributed by atoms with Crippen LogP contribution < -0.4 is 10.1 Å². The van der Waals surface area contributed by atoms with Crippen molar-refractivity contribution in [1.29, 1.82) is 0 Å². The molecule has 38 heavy (non-hydrogen) atoms. The molecule has 1 unspecified atom stereocenters. The average molecular weight is 534 g/mol. The van der Waals surface area contributed by atoms with Crippen LogP contribution in [0.15, 0.2) is 72.1 Å². The monoisotopic (exact) mass is 533 g/mol. The van der Waals surface area contributed by atoms with Gasteiger partial charge in [-0.15, -0.1) is 11.3 Å². The number of benzene rings is 3.